The number of hydrogen-bond donors (Lipinski definition) is 1. The smallest absolute Gasteiger partial charge is 0.323 e. The molecule has 3 amide bonds. The van der Waals surface area contributed by atoms with Crippen LogP contribution < -0.4 is 10.2 Å². The zero-order chi connectivity index (χ0) is 17.9. The third-order valence-electron chi connectivity index (χ3n) is 4.53. The number of carbonyl (C=O) groups excluding carboxylic acids is 2. The summed E-state index contributed by atoms with van der Waals surface area (Å²) in [5.74, 6) is 0.197. The van der Waals surface area contributed by atoms with Crippen molar-refractivity contribution in [1.29, 1.82) is 0 Å². The fraction of sp³-hybridized carbons (Fsp3) is 0.421. The van der Waals surface area contributed by atoms with E-state index < -0.39 is 5.54 Å². The number of anilines is 1. The van der Waals surface area contributed by atoms with Crippen LogP contribution in [0.15, 0.2) is 35.7 Å². The summed E-state index contributed by atoms with van der Waals surface area (Å²) in [5.41, 5.74) is 0.148. The summed E-state index contributed by atoms with van der Waals surface area (Å²) in [7, 11) is 0. The highest BCUT2D eigenvalue weighted by atomic mass is 32.1. The van der Waals surface area contributed by atoms with E-state index in [0.717, 1.165) is 36.3 Å². The third-order valence-corrected chi connectivity index (χ3v) is 5.41. The van der Waals surface area contributed by atoms with E-state index in [1.807, 2.05) is 37.3 Å². The lowest BCUT2D eigenvalue weighted by Crippen LogP contribution is -2.43. The van der Waals surface area contributed by atoms with Crippen molar-refractivity contribution < 1.29 is 9.59 Å². The van der Waals surface area contributed by atoms with Crippen LogP contribution in [0, 0.1) is 0 Å². The van der Waals surface area contributed by atoms with E-state index in [4.69, 9.17) is 0 Å². The van der Waals surface area contributed by atoms with Crippen LogP contribution in [-0.2, 0) is 4.79 Å². The molecule has 0 aliphatic carbocycles. The Hall–Kier alpha value is -2.21. The Labute approximate surface area is 152 Å². The van der Waals surface area contributed by atoms with Gasteiger partial charge < -0.3 is 5.32 Å². The Kier molecular flexibility index (Phi) is 5.18. The molecule has 0 spiro atoms. The SMILES string of the molecule is CCCCCCC1(C)NC(=O)N(c2csc(-c3ccccc3)n2)C1=O. The van der Waals surface area contributed by atoms with Crippen LogP contribution in [0.1, 0.15) is 46.0 Å². The molecule has 1 atom stereocenters. The molecule has 1 N–H and O–H groups in total. The van der Waals surface area contributed by atoms with Crippen LogP contribution in [0.4, 0.5) is 10.6 Å². The van der Waals surface area contributed by atoms with E-state index in [1.54, 1.807) is 5.38 Å². The number of aromatic nitrogens is 1. The van der Waals surface area contributed by atoms with Gasteiger partial charge in [0.2, 0.25) is 0 Å². The van der Waals surface area contributed by atoms with Gasteiger partial charge in [0, 0.05) is 10.9 Å². The molecule has 3 rings (SSSR count). The van der Waals surface area contributed by atoms with Crippen molar-refractivity contribution in [3.05, 3.63) is 35.7 Å². The maximum absolute atomic E-state index is 12.9. The maximum Gasteiger partial charge on any atom is 0.330 e. The second-order valence-corrected chi connectivity index (χ2v) is 7.45. The first-order valence-electron chi connectivity index (χ1n) is 8.73. The number of nitrogens with one attached hydrogen (secondary N) is 1. The maximum atomic E-state index is 12.9. The summed E-state index contributed by atoms with van der Waals surface area (Å²) >= 11 is 1.43. The molecule has 6 heteroatoms. The van der Waals surface area contributed by atoms with Crippen LogP contribution in [0.25, 0.3) is 10.6 Å². The summed E-state index contributed by atoms with van der Waals surface area (Å²) in [5, 5.41) is 5.42. The van der Waals surface area contributed by atoms with Crippen molar-refractivity contribution in [3.8, 4) is 10.6 Å². The van der Waals surface area contributed by atoms with Crippen molar-refractivity contribution in [2.45, 2.75) is 51.5 Å². The predicted octanol–water partition coefficient (Wildman–Crippen LogP) is 4.60. The number of nitrogens with zero attached hydrogens (tertiary/aromatic N) is 2. The monoisotopic (exact) mass is 357 g/mol. The molecule has 2 aromatic rings. The molecular formula is C19H23N3O2S. The minimum absolute atomic E-state index is 0.209. The molecule has 132 valence electrons. The van der Waals surface area contributed by atoms with Crippen LogP contribution in [0.3, 0.4) is 0 Å². The Morgan fingerprint density at radius 2 is 1.92 bits per heavy atom. The zero-order valence-electron chi connectivity index (χ0n) is 14.6. The number of urea groups is 1. The lowest BCUT2D eigenvalue weighted by atomic mass is 9.94. The molecule has 2 heterocycles. The number of benzene rings is 1. The number of hydrogen-bond acceptors (Lipinski definition) is 4. The van der Waals surface area contributed by atoms with E-state index in [0.29, 0.717) is 12.2 Å². The van der Waals surface area contributed by atoms with Crippen LogP contribution in [0.5, 0.6) is 0 Å². The predicted molar refractivity (Wildman–Crippen MR) is 101 cm³/mol. The largest absolute Gasteiger partial charge is 0.330 e. The van der Waals surface area contributed by atoms with Gasteiger partial charge in [-0.25, -0.2) is 14.7 Å². The fourth-order valence-electron chi connectivity index (χ4n) is 3.05. The summed E-state index contributed by atoms with van der Waals surface area (Å²) < 4.78 is 0. The molecule has 0 radical (unpaired) electrons. The van der Waals surface area contributed by atoms with E-state index in [-0.39, 0.29) is 11.9 Å². The van der Waals surface area contributed by atoms with E-state index in [1.165, 1.54) is 16.2 Å². The van der Waals surface area contributed by atoms with Gasteiger partial charge in [0.1, 0.15) is 10.5 Å². The molecule has 0 saturated carbocycles. The van der Waals surface area contributed by atoms with Crippen LogP contribution >= 0.6 is 11.3 Å². The van der Waals surface area contributed by atoms with Gasteiger partial charge in [-0.1, -0.05) is 62.9 Å². The van der Waals surface area contributed by atoms with E-state index in [2.05, 4.69) is 17.2 Å². The summed E-state index contributed by atoms with van der Waals surface area (Å²) in [6.07, 6.45) is 4.95. The highest BCUT2D eigenvalue weighted by Crippen LogP contribution is 2.32. The summed E-state index contributed by atoms with van der Waals surface area (Å²) in [4.78, 5) is 30.9. The Morgan fingerprint density at radius 1 is 1.16 bits per heavy atom. The van der Waals surface area contributed by atoms with E-state index >= 15 is 0 Å². The first-order valence-corrected chi connectivity index (χ1v) is 9.61. The molecule has 1 aromatic heterocycles. The lowest BCUT2D eigenvalue weighted by molar-refractivity contribution is -0.121. The fourth-order valence-corrected chi connectivity index (χ4v) is 3.84. The minimum atomic E-state index is -0.832. The second-order valence-electron chi connectivity index (χ2n) is 6.59. The van der Waals surface area contributed by atoms with Gasteiger partial charge in [0.15, 0.2) is 5.82 Å². The van der Waals surface area contributed by atoms with Gasteiger partial charge in [-0.15, -0.1) is 11.3 Å². The number of unbranched alkanes of at least 4 members (excludes halogenated alkanes) is 3. The van der Waals surface area contributed by atoms with E-state index in [9.17, 15) is 9.59 Å². The second kappa shape index (κ2) is 7.35. The van der Waals surface area contributed by atoms with Crippen molar-refractivity contribution >= 4 is 29.1 Å². The standard InChI is InChI=1S/C19H23N3O2S/c1-3-4-5-9-12-19(2)17(23)22(18(24)21-19)15-13-25-16(20-15)14-10-7-6-8-11-14/h6-8,10-11,13H,3-5,9,12H2,1-2H3,(H,21,24). The quantitative estimate of drug-likeness (QED) is 0.582. The number of amides is 3. The van der Waals surface area contributed by atoms with Gasteiger partial charge in [0.25, 0.3) is 5.91 Å². The third kappa shape index (κ3) is 3.58. The molecule has 25 heavy (non-hydrogen) atoms. The summed E-state index contributed by atoms with van der Waals surface area (Å²) in [6, 6.07) is 9.38. The highest BCUT2D eigenvalue weighted by molar-refractivity contribution is 7.13. The number of thiazole rings is 1. The van der Waals surface area contributed by atoms with Gasteiger partial charge in [-0.05, 0) is 13.3 Å². The Bertz CT molecular complexity index is 759. The minimum Gasteiger partial charge on any atom is -0.323 e. The molecule has 5 nitrogen and oxygen atoms in total. The number of imide groups is 1. The molecule has 0 bridgehead atoms. The molecule has 1 saturated heterocycles. The van der Waals surface area contributed by atoms with Gasteiger partial charge in [-0.2, -0.15) is 0 Å². The molecule has 1 fully saturated rings. The Morgan fingerprint density at radius 3 is 2.64 bits per heavy atom. The van der Waals surface area contributed by atoms with Crippen molar-refractivity contribution in [1.82, 2.24) is 10.3 Å². The average molecular weight is 357 g/mol. The zero-order valence-corrected chi connectivity index (χ0v) is 15.4. The van der Waals surface area contributed by atoms with Crippen LogP contribution in [-0.4, -0.2) is 22.5 Å². The molecule has 1 unspecified atom stereocenters. The Balaban J connectivity index is 1.76. The number of carbonyl (C=O) groups is 2. The van der Waals surface area contributed by atoms with Gasteiger partial charge >= 0.3 is 6.03 Å². The first-order chi connectivity index (χ1) is 12.0. The van der Waals surface area contributed by atoms with Crippen LogP contribution in [0.2, 0.25) is 0 Å². The van der Waals surface area contributed by atoms with Crippen molar-refractivity contribution in [2.24, 2.45) is 0 Å². The molecule has 1 aliphatic heterocycles. The highest BCUT2D eigenvalue weighted by Gasteiger charge is 2.48. The van der Waals surface area contributed by atoms with Gasteiger partial charge in [-0.3, -0.25) is 4.79 Å². The normalized spacial score (nSPS) is 20.2. The first kappa shape index (κ1) is 17.6. The molecule has 1 aromatic carbocycles. The van der Waals surface area contributed by atoms with Gasteiger partial charge in [0.05, 0.1) is 0 Å². The average Bonchev–Trinajstić information content (AvgIpc) is 3.16. The van der Waals surface area contributed by atoms with Crippen molar-refractivity contribution in [2.75, 3.05) is 4.90 Å². The lowest BCUT2D eigenvalue weighted by Gasteiger charge is -2.21. The topological polar surface area (TPSA) is 62.3 Å². The summed E-state index contributed by atoms with van der Waals surface area (Å²) in [6.45, 7) is 3.96. The number of rotatable bonds is 7. The van der Waals surface area contributed by atoms with Crippen molar-refractivity contribution in [3.63, 3.8) is 0 Å². The molecular weight excluding hydrogens is 334 g/mol. The molecule has 1 aliphatic rings.